The highest BCUT2D eigenvalue weighted by molar-refractivity contribution is 7.91. The van der Waals surface area contributed by atoms with E-state index in [0.717, 1.165) is 0 Å². The van der Waals surface area contributed by atoms with E-state index in [1.807, 2.05) is 0 Å². The van der Waals surface area contributed by atoms with Crippen LogP contribution >= 0.6 is 0 Å². The number of aromatic nitrogens is 2. The molecule has 2 heterocycles. The number of carbonyl (C=O) groups excluding carboxylic acids is 1. The molecule has 0 bridgehead atoms. The molecule has 0 unspecified atom stereocenters. The van der Waals surface area contributed by atoms with Crippen LogP contribution < -0.4 is 10.6 Å². The quantitative estimate of drug-likeness (QED) is 0.486. The summed E-state index contributed by atoms with van der Waals surface area (Å²) in [5.74, 6) is -2.02. The Balaban J connectivity index is 1.41. The van der Waals surface area contributed by atoms with Gasteiger partial charge in [0.25, 0.3) is 11.8 Å². The van der Waals surface area contributed by atoms with E-state index in [4.69, 9.17) is 0 Å². The summed E-state index contributed by atoms with van der Waals surface area (Å²) in [6.45, 7) is 1.67. The number of carbonyl (C=O) groups is 1. The third-order valence-corrected chi connectivity index (χ3v) is 7.43. The Kier molecular flexibility index (Phi) is 6.97. The third-order valence-electron chi connectivity index (χ3n) is 5.70. The van der Waals surface area contributed by atoms with Crippen molar-refractivity contribution in [1.29, 1.82) is 0 Å². The van der Waals surface area contributed by atoms with E-state index in [9.17, 15) is 22.0 Å². The summed E-state index contributed by atoms with van der Waals surface area (Å²) in [6.07, 6.45) is 0.726. The molecule has 1 aliphatic rings. The number of benzene rings is 2. The fourth-order valence-electron chi connectivity index (χ4n) is 3.64. The molecule has 8 nitrogen and oxygen atoms in total. The van der Waals surface area contributed by atoms with Crippen LogP contribution in [0.15, 0.2) is 65.8 Å². The Morgan fingerprint density at radius 2 is 1.60 bits per heavy atom. The molecule has 184 valence electrons. The SMILES string of the molecule is CCS(=O)(=O)c1cccc(Nc2cc(Nc3ccc(C(=O)N4CCC(F)(F)CC4)cc3)ncn2)c1. The first kappa shape index (κ1) is 24.5. The number of hydrogen-bond donors (Lipinski definition) is 2. The predicted molar refractivity (Wildman–Crippen MR) is 129 cm³/mol. The third kappa shape index (κ3) is 6.10. The number of anilines is 4. The van der Waals surface area contributed by atoms with Crippen molar-refractivity contribution in [2.45, 2.75) is 30.6 Å². The Morgan fingerprint density at radius 1 is 0.971 bits per heavy atom. The number of sulfone groups is 1. The Bertz CT molecular complexity index is 1310. The number of amides is 1. The van der Waals surface area contributed by atoms with Crippen LogP contribution in [-0.2, 0) is 9.84 Å². The maximum Gasteiger partial charge on any atom is 0.253 e. The Morgan fingerprint density at radius 3 is 2.23 bits per heavy atom. The van der Waals surface area contributed by atoms with E-state index in [0.29, 0.717) is 28.6 Å². The number of halogens is 2. The van der Waals surface area contributed by atoms with Gasteiger partial charge in [0.05, 0.1) is 10.6 Å². The molecule has 0 atom stereocenters. The first-order chi connectivity index (χ1) is 16.6. The summed E-state index contributed by atoms with van der Waals surface area (Å²) < 4.78 is 51.0. The number of rotatable bonds is 7. The minimum Gasteiger partial charge on any atom is -0.340 e. The molecule has 4 rings (SSSR count). The average Bonchev–Trinajstić information content (AvgIpc) is 2.84. The van der Waals surface area contributed by atoms with Gasteiger partial charge in [-0.15, -0.1) is 0 Å². The number of piperidine rings is 1. The topological polar surface area (TPSA) is 104 Å². The van der Waals surface area contributed by atoms with Crippen LogP contribution in [0.4, 0.5) is 31.8 Å². The van der Waals surface area contributed by atoms with Gasteiger partial charge in [0.1, 0.15) is 18.0 Å². The molecule has 0 spiro atoms. The molecule has 1 fully saturated rings. The van der Waals surface area contributed by atoms with Crippen LogP contribution in [-0.4, -0.2) is 54.0 Å². The van der Waals surface area contributed by atoms with Crippen LogP contribution in [0.25, 0.3) is 0 Å². The molecule has 35 heavy (non-hydrogen) atoms. The summed E-state index contributed by atoms with van der Waals surface area (Å²) in [5, 5.41) is 6.19. The summed E-state index contributed by atoms with van der Waals surface area (Å²) in [6, 6.07) is 14.8. The molecule has 3 aromatic rings. The van der Waals surface area contributed by atoms with Crippen molar-refractivity contribution in [2.24, 2.45) is 0 Å². The highest BCUT2D eigenvalue weighted by Crippen LogP contribution is 2.28. The van der Waals surface area contributed by atoms with Crippen molar-refractivity contribution in [1.82, 2.24) is 14.9 Å². The number of hydrogen-bond acceptors (Lipinski definition) is 7. The fourth-order valence-corrected chi connectivity index (χ4v) is 4.57. The lowest BCUT2D eigenvalue weighted by Crippen LogP contribution is -2.42. The smallest absolute Gasteiger partial charge is 0.253 e. The van der Waals surface area contributed by atoms with E-state index in [1.54, 1.807) is 61.5 Å². The fraction of sp³-hybridized carbons (Fsp3) is 0.292. The van der Waals surface area contributed by atoms with Gasteiger partial charge in [-0.05, 0) is 42.5 Å². The standard InChI is InChI=1S/C24H25F2N5O3S/c1-2-35(33,34)20-5-3-4-19(14-20)30-22-15-21(27-16-28-22)29-18-8-6-17(7-9-18)23(32)31-12-10-24(25,26)11-13-31/h3-9,14-16H,2,10-13H2,1H3,(H2,27,28,29,30). The zero-order chi connectivity index (χ0) is 25.1. The second kappa shape index (κ2) is 9.95. The number of nitrogens with one attached hydrogen (secondary N) is 2. The number of nitrogens with zero attached hydrogens (tertiary/aromatic N) is 3. The van der Waals surface area contributed by atoms with E-state index in [2.05, 4.69) is 20.6 Å². The Labute approximate surface area is 202 Å². The molecule has 1 amide bonds. The maximum absolute atomic E-state index is 13.3. The molecule has 1 aromatic heterocycles. The lowest BCUT2D eigenvalue weighted by Gasteiger charge is -2.31. The largest absolute Gasteiger partial charge is 0.340 e. The highest BCUT2D eigenvalue weighted by atomic mass is 32.2. The molecule has 1 aliphatic heterocycles. The molecule has 0 saturated carbocycles. The minimum atomic E-state index is -3.33. The summed E-state index contributed by atoms with van der Waals surface area (Å²) in [4.78, 5) is 22.6. The van der Waals surface area contributed by atoms with E-state index in [-0.39, 0.29) is 42.5 Å². The van der Waals surface area contributed by atoms with Crippen LogP contribution in [0.2, 0.25) is 0 Å². The van der Waals surface area contributed by atoms with Gasteiger partial charge < -0.3 is 15.5 Å². The highest BCUT2D eigenvalue weighted by Gasteiger charge is 2.35. The molecule has 2 N–H and O–H groups in total. The van der Waals surface area contributed by atoms with Crippen molar-refractivity contribution >= 4 is 38.8 Å². The summed E-state index contributed by atoms with van der Waals surface area (Å²) >= 11 is 0. The van der Waals surface area contributed by atoms with Gasteiger partial charge in [-0.3, -0.25) is 4.79 Å². The van der Waals surface area contributed by atoms with Crippen LogP contribution in [0.5, 0.6) is 0 Å². The molecular formula is C24H25F2N5O3S. The van der Waals surface area contributed by atoms with Crippen molar-refractivity contribution in [3.63, 3.8) is 0 Å². The maximum atomic E-state index is 13.3. The molecular weight excluding hydrogens is 476 g/mol. The van der Waals surface area contributed by atoms with Crippen molar-refractivity contribution in [2.75, 3.05) is 29.5 Å². The van der Waals surface area contributed by atoms with E-state index in [1.165, 1.54) is 11.2 Å². The van der Waals surface area contributed by atoms with Crippen molar-refractivity contribution in [3.05, 3.63) is 66.5 Å². The van der Waals surface area contributed by atoms with Crippen molar-refractivity contribution in [3.8, 4) is 0 Å². The monoisotopic (exact) mass is 501 g/mol. The van der Waals surface area contributed by atoms with Gasteiger partial charge in [0.15, 0.2) is 9.84 Å². The van der Waals surface area contributed by atoms with Crippen LogP contribution in [0.3, 0.4) is 0 Å². The molecule has 0 radical (unpaired) electrons. The van der Waals surface area contributed by atoms with Crippen LogP contribution in [0, 0.1) is 0 Å². The van der Waals surface area contributed by atoms with Gasteiger partial charge in [-0.1, -0.05) is 13.0 Å². The predicted octanol–water partition coefficient (Wildman–Crippen LogP) is 4.63. The lowest BCUT2D eigenvalue weighted by atomic mass is 10.1. The van der Waals surface area contributed by atoms with Gasteiger partial charge in [-0.25, -0.2) is 27.2 Å². The van der Waals surface area contributed by atoms with Crippen molar-refractivity contribution < 1.29 is 22.0 Å². The lowest BCUT2D eigenvalue weighted by molar-refractivity contribution is -0.0494. The molecule has 2 aromatic carbocycles. The first-order valence-electron chi connectivity index (χ1n) is 11.1. The summed E-state index contributed by atoms with van der Waals surface area (Å²) in [7, 11) is -3.33. The second-order valence-corrected chi connectivity index (χ2v) is 10.5. The van der Waals surface area contributed by atoms with Gasteiger partial charge in [0, 0.05) is 48.9 Å². The first-order valence-corrected chi connectivity index (χ1v) is 12.8. The van der Waals surface area contributed by atoms with Crippen LogP contribution in [0.1, 0.15) is 30.1 Å². The molecule has 1 saturated heterocycles. The molecule has 11 heteroatoms. The van der Waals surface area contributed by atoms with Gasteiger partial charge >= 0.3 is 0 Å². The van der Waals surface area contributed by atoms with E-state index < -0.39 is 15.8 Å². The zero-order valence-corrected chi connectivity index (χ0v) is 19.9. The van der Waals surface area contributed by atoms with Gasteiger partial charge in [-0.2, -0.15) is 0 Å². The summed E-state index contributed by atoms with van der Waals surface area (Å²) in [5.41, 5.74) is 1.67. The molecule has 0 aliphatic carbocycles. The average molecular weight is 502 g/mol. The number of alkyl halides is 2. The Hall–Kier alpha value is -3.60. The normalized spacial score (nSPS) is 15.5. The van der Waals surface area contributed by atoms with Gasteiger partial charge in [0.2, 0.25) is 0 Å². The zero-order valence-electron chi connectivity index (χ0n) is 19.0. The van der Waals surface area contributed by atoms with E-state index >= 15 is 0 Å². The second-order valence-electron chi connectivity index (χ2n) is 8.20. The number of likely N-dealkylation sites (tertiary alicyclic amines) is 1. The minimum absolute atomic E-state index is 0.0103.